The van der Waals surface area contributed by atoms with Gasteiger partial charge >= 0.3 is 0 Å². The standard InChI is InChI=1S/C16H34N2O/c1-6-15(7-2)14-18(11-12-19-10-5)16(8-3,9-4)13-17-15/h17H,6-14H2,1-5H3. The third-order valence-electron chi connectivity index (χ3n) is 5.34. The zero-order chi connectivity index (χ0) is 14.4. The zero-order valence-corrected chi connectivity index (χ0v) is 13.7. The predicted molar refractivity (Wildman–Crippen MR) is 82.7 cm³/mol. The topological polar surface area (TPSA) is 24.5 Å². The van der Waals surface area contributed by atoms with Crippen molar-refractivity contribution in [1.29, 1.82) is 0 Å². The van der Waals surface area contributed by atoms with Gasteiger partial charge in [-0.25, -0.2) is 0 Å². The maximum Gasteiger partial charge on any atom is 0.0593 e. The molecule has 3 heteroatoms. The minimum atomic E-state index is 0.306. The number of rotatable bonds is 8. The van der Waals surface area contributed by atoms with Gasteiger partial charge in [0.15, 0.2) is 0 Å². The molecule has 0 aromatic heterocycles. The Labute approximate surface area is 120 Å². The summed E-state index contributed by atoms with van der Waals surface area (Å²) < 4.78 is 5.59. The molecule has 0 aliphatic carbocycles. The third kappa shape index (κ3) is 3.71. The Morgan fingerprint density at radius 1 is 1.00 bits per heavy atom. The highest BCUT2D eigenvalue weighted by molar-refractivity contribution is 5.03. The first kappa shape index (κ1) is 16.9. The number of ether oxygens (including phenoxy) is 1. The Bertz CT molecular complexity index is 247. The van der Waals surface area contributed by atoms with Gasteiger partial charge in [-0.2, -0.15) is 0 Å². The highest BCUT2D eigenvalue weighted by atomic mass is 16.5. The average molecular weight is 270 g/mol. The van der Waals surface area contributed by atoms with Gasteiger partial charge in [0.05, 0.1) is 6.61 Å². The molecule has 1 saturated heterocycles. The van der Waals surface area contributed by atoms with Crippen molar-refractivity contribution in [3.05, 3.63) is 0 Å². The average Bonchev–Trinajstić information content (AvgIpc) is 2.47. The lowest BCUT2D eigenvalue weighted by atomic mass is 9.80. The van der Waals surface area contributed by atoms with Gasteiger partial charge in [0.25, 0.3) is 0 Å². The Kier molecular flexibility index (Phi) is 6.78. The van der Waals surface area contributed by atoms with Gasteiger partial charge in [0.1, 0.15) is 0 Å². The van der Waals surface area contributed by atoms with E-state index in [0.29, 0.717) is 11.1 Å². The molecule has 1 rings (SSSR count). The van der Waals surface area contributed by atoms with Gasteiger partial charge in [-0.3, -0.25) is 4.90 Å². The largest absolute Gasteiger partial charge is 0.380 e. The molecule has 0 radical (unpaired) electrons. The summed E-state index contributed by atoms with van der Waals surface area (Å²) >= 11 is 0. The molecular weight excluding hydrogens is 236 g/mol. The first-order valence-electron chi connectivity index (χ1n) is 8.19. The molecule has 1 N–H and O–H groups in total. The van der Waals surface area contributed by atoms with E-state index in [-0.39, 0.29) is 0 Å². The molecule has 1 aliphatic rings. The van der Waals surface area contributed by atoms with Gasteiger partial charge in [-0.05, 0) is 32.6 Å². The highest BCUT2D eigenvalue weighted by Crippen LogP contribution is 2.32. The maximum atomic E-state index is 5.59. The van der Waals surface area contributed by atoms with Crippen LogP contribution < -0.4 is 5.32 Å². The van der Waals surface area contributed by atoms with Crippen LogP contribution in [0.25, 0.3) is 0 Å². The zero-order valence-electron chi connectivity index (χ0n) is 13.7. The van der Waals surface area contributed by atoms with E-state index in [1.54, 1.807) is 0 Å². The molecular formula is C16H34N2O. The highest BCUT2D eigenvalue weighted by Gasteiger charge is 2.43. The molecule has 1 heterocycles. The van der Waals surface area contributed by atoms with Crippen LogP contribution in [0.4, 0.5) is 0 Å². The van der Waals surface area contributed by atoms with Crippen molar-refractivity contribution in [1.82, 2.24) is 10.2 Å². The van der Waals surface area contributed by atoms with Gasteiger partial charge in [-0.15, -0.1) is 0 Å². The Hall–Kier alpha value is -0.120. The summed E-state index contributed by atoms with van der Waals surface area (Å²) in [5.74, 6) is 0. The van der Waals surface area contributed by atoms with E-state index >= 15 is 0 Å². The number of hydrogen-bond acceptors (Lipinski definition) is 3. The lowest BCUT2D eigenvalue weighted by Crippen LogP contribution is -2.69. The maximum absolute atomic E-state index is 5.59. The Morgan fingerprint density at radius 3 is 2.11 bits per heavy atom. The van der Waals surface area contributed by atoms with Crippen LogP contribution in [0.5, 0.6) is 0 Å². The van der Waals surface area contributed by atoms with Crippen molar-refractivity contribution in [3.8, 4) is 0 Å². The van der Waals surface area contributed by atoms with Crippen molar-refractivity contribution in [3.63, 3.8) is 0 Å². The molecule has 0 saturated carbocycles. The van der Waals surface area contributed by atoms with E-state index in [1.807, 2.05) is 0 Å². The molecule has 1 fully saturated rings. The van der Waals surface area contributed by atoms with Gasteiger partial charge in [0.2, 0.25) is 0 Å². The van der Waals surface area contributed by atoms with E-state index in [0.717, 1.165) is 32.8 Å². The summed E-state index contributed by atoms with van der Waals surface area (Å²) in [6.45, 7) is 16.4. The van der Waals surface area contributed by atoms with Crippen molar-refractivity contribution >= 4 is 0 Å². The molecule has 1 aliphatic heterocycles. The number of hydrogen-bond donors (Lipinski definition) is 1. The second-order valence-corrected chi connectivity index (χ2v) is 5.89. The third-order valence-corrected chi connectivity index (χ3v) is 5.34. The number of piperazine rings is 1. The minimum Gasteiger partial charge on any atom is -0.380 e. The van der Waals surface area contributed by atoms with E-state index in [9.17, 15) is 0 Å². The summed E-state index contributed by atoms with van der Waals surface area (Å²) in [5.41, 5.74) is 0.630. The van der Waals surface area contributed by atoms with E-state index in [1.165, 1.54) is 25.7 Å². The molecule has 0 aromatic carbocycles. The monoisotopic (exact) mass is 270 g/mol. The summed E-state index contributed by atoms with van der Waals surface area (Å²) in [7, 11) is 0. The molecule has 0 unspecified atom stereocenters. The Morgan fingerprint density at radius 2 is 1.63 bits per heavy atom. The van der Waals surface area contributed by atoms with Crippen molar-refractivity contribution in [2.45, 2.75) is 71.4 Å². The summed E-state index contributed by atoms with van der Waals surface area (Å²) in [6, 6.07) is 0. The molecule has 3 nitrogen and oxygen atoms in total. The summed E-state index contributed by atoms with van der Waals surface area (Å²) in [5, 5.41) is 3.86. The molecule has 0 amide bonds. The first-order valence-corrected chi connectivity index (χ1v) is 8.19. The lowest BCUT2D eigenvalue weighted by Gasteiger charge is -2.54. The predicted octanol–water partition coefficient (Wildman–Crippen LogP) is 3.05. The van der Waals surface area contributed by atoms with Gasteiger partial charge in [0, 0.05) is 37.3 Å². The Balaban J connectivity index is 2.79. The second-order valence-electron chi connectivity index (χ2n) is 5.89. The normalized spacial score (nSPS) is 22.6. The second kappa shape index (κ2) is 7.61. The van der Waals surface area contributed by atoms with E-state index < -0.39 is 0 Å². The summed E-state index contributed by atoms with van der Waals surface area (Å²) in [6.07, 6.45) is 4.84. The van der Waals surface area contributed by atoms with Crippen molar-refractivity contribution in [2.24, 2.45) is 0 Å². The molecule has 0 aromatic rings. The fourth-order valence-corrected chi connectivity index (χ4v) is 3.36. The van der Waals surface area contributed by atoms with E-state index in [4.69, 9.17) is 4.74 Å². The summed E-state index contributed by atoms with van der Waals surface area (Å²) in [4.78, 5) is 2.70. The van der Waals surface area contributed by atoms with E-state index in [2.05, 4.69) is 44.8 Å². The van der Waals surface area contributed by atoms with Crippen LogP contribution in [0.1, 0.15) is 60.3 Å². The van der Waals surface area contributed by atoms with Crippen LogP contribution in [-0.2, 0) is 4.74 Å². The molecule has 0 spiro atoms. The van der Waals surface area contributed by atoms with Crippen molar-refractivity contribution in [2.75, 3.05) is 32.8 Å². The van der Waals surface area contributed by atoms with Crippen molar-refractivity contribution < 1.29 is 4.74 Å². The molecule has 0 atom stereocenters. The van der Waals surface area contributed by atoms with Crippen LogP contribution in [0, 0.1) is 0 Å². The first-order chi connectivity index (χ1) is 9.12. The van der Waals surface area contributed by atoms with Crippen LogP contribution in [0.15, 0.2) is 0 Å². The van der Waals surface area contributed by atoms with Crippen LogP contribution >= 0.6 is 0 Å². The molecule has 19 heavy (non-hydrogen) atoms. The quantitative estimate of drug-likeness (QED) is 0.686. The minimum absolute atomic E-state index is 0.306. The van der Waals surface area contributed by atoms with Gasteiger partial charge in [-0.1, -0.05) is 27.7 Å². The lowest BCUT2D eigenvalue weighted by molar-refractivity contribution is -0.0220. The van der Waals surface area contributed by atoms with Crippen LogP contribution in [-0.4, -0.2) is 48.8 Å². The van der Waals surface area contributed by atoms with Crippen LogP contribution in [0.2, 0.25) is 0 Å². The SMILES string of the molecule is CCOCCN1CC(CC)(CC)NCC1(CC)CC. The van der Waals surface area contributed by atoms with Crippen LogP contribution in [0.3, 0.4) is 0 Å². The number of nitrogens with zero attached hydrogens (tertiary/aromatic N) is 1. The fraction of sp³-hybridized carbons (Fsp3) is 1.00. The fourth-order valence-electron chi connectivity index (χ4n) is 3.36. The van der Waals surface area contributed by atoms with Gasteiger partial charge < -0.3 is 10.1 Å². The molecule has 114 valence electrons. The molecule has 0 bridgehead atoms. The number of nitrogens with one attached hydrogen (secondary N) is 1. The smallest absolute Gasteiger partial charge is 0.0593 e.